The molecule has 1 aromatic carbocycles. The Morgan fingerprint density at radius 3 is 2.33 bits per heavy atom. The van der Waals surface area contributed by atoms with Crippen LogP contribution in [0.2, 0.25) is 0 Å². The van der Waals surface area contributed by atoms with E-state index in [0.717, 1.165) is 12.8 Å². The molecule has 1 aliphatic rings. The maximum absolute atomic E-state index is 11.9. The van der Waals surface area contributed by atoms with Gasteiger partial charge in [-0.1, -0.05) is 12.2 Å². The van der Waals surface area contributed by atoms with E-state index in [-0.39, 0.29) is 17.7 Å². The van der Waals surface area contributed by atoms with Gasteiger partial charge in [-0.25, -0.2) is 0 Å². The Labute approximate surface area is 142 Å². The quantitative estimate of drug-likeness (QED) is 0.447. The zero-order valence-corrected chi connectivity index (χ0v) is 13.6. The SMILES string of the molecule is NC1=CCC(C(=O)NCCCCNC(=O)c2ccc(N)cc2)C=C1. The lowest BCUT2D eigenvalue weighted by Crippen LogP contribution is -2.31. The minimum Gasteiger partial charge on any atom is -0.399 e. The molecule has 1 unspecified atom stereocenters. The molecule has 6 heteroatoms. The molecule has 1 atom stereocenters. The monoisotopic (exact) mass is 328 g/mol. The van der Waals surface area contributed by atoms with Gasteiger partial charge in [0, 0.05) is 30.0 Å². The Hall–Kier alpha value is -2.76. The van der Waals surface area contributed by atoms with Crippen molar-refractivity contribution in [2.24, 2.45) is 11.7 Å². The van der Waals surface area contributed by atoms with Crippen molar-refractivity contribution < 1.29 is 9.59 Å². The first-order chi connectivity index (χ1) is 11.6. The predicted molar refractivity (Wildman–Crippen MR) is 94.9 cm³/mol. The molecule has 0 radical (unpaired) electrons. The molecule has 0 heterocycles. The van der Waals surface area contributed by atoms with Crippen LogP contribution < -0.4 is 22.1 Å². The van der Waals surface area contributed by atoms with Crippen LogP contribution in [0.3, 0.4) is 0 Å². The van der Waals surface area contributed by atoms with E-state index in [4.69, 9.17) is 11.5 Å². The summed E-state index contributed by atoms with van der Waals surface area (Å²) in [7, 11) is 0. The Bertz CT molecular complexity index is 635. The lowest BCUT2D eigenvalue weighted by Gasteiger charge is -2.14. The molecule has 6 N–H and O–H groups in total. The van der Waals surface area contributed by atoms with Gasteiger partial charge in [0.05, 0.1) is 5.92 Å². The number of hydrogen-bond donors (Lipinski definition) is 4. The molecular formula is C18H24N4O2. The average molecular weight is 328 g/mol. The number of hydrogen-bond acceptors (Lipinski definition) is 4. The summed E-state index contributed by atoms with van der Waals surface area (Å²) in [5.41, 5.74) is 13.1. The number of nitrogen functional groups attached to an aromatic ring is 1. The first kappa shape index (κ1) is 17.6. The first-order valence-corrected chi connectivity index (χ1v) is 8.11. The van der Waals surface area contributed by atoms with E-state index in [9.17, 15) is 9.59 Å². The van der Waals surface area contributed by atoms with E-state index in [1.54, 1.807) is 30.3 Å². The minimum absolute atomic E-state index is 0.0147. The molecule has 2 amide bonds. The number of amides is 2. The highest BCUT2D eigenvalue weighted by atomic mass is 16.2. The average Bonchev–Trinajstić information content (AvgIpc) is 2.58. The normalized spacial score (nSPS) is 16.3. The van der Waals surface area contributed by atoms with Crippen molar-refractivity contribution in [2.45, 2.75) is 19.3 Å². The highest BCUT2D eigenvalue weighted by Gasteiger charge is 2.15. The first-order valence-electron chi connectivity index (χ1n) is 8.11. The summed E-state index contributed by atoms with van der Waals surface area (Å²) in [6, 6.07) is 6.80. The maximum Gasteiger partial charge on any atom is 0.251 e. The molecule has 128 valence electrons. The summed E-state index contributed by atoms with van der Waals surface area (Å²) in [6.07, 6.45) is 7.71. The van der Waals surface area contributed by atoms with Gasteiger partial charge in [-0.2, -0.15) is 0 Å². The second-order valence-electron chi connectivity index (χ2n) is 5.78. The number of anilines is 1. The number of allylic oxidation sites excluding steroid dienone is 2. The summed E-state index contributed by atoms with van der Waals surface area (Å²) in [4.78, 5) is 23.8. The molecule has 0 spiro atoms. The number of nitrogens with two attached hydrogens (primary N) is 2. The van der Waals surface area contributed by atoms with Gasteiger partial charge in [-0.05, 0) is 49.6 Å². The van der Waals surface area contributed by atoms with Crippen LogP contribution in [0, 0.1) is 5.92 Å². The highest BCUT2D eigenvalue weighted by molar-refractivity contribution is 5.94. The topological polar surface area (TPSA) is 110 Å². The summed E-state index contributed by atoms with van der Waals surface area (Å²) in [5.74, 6) is -0.237. The van der Waals surface area contributed by atoms with Crippen molar-refractivity contribution in [3.8, 4) is 0 Å². The van der Waals surface area contributed by atoms with Crippen molar-refractivity contribution in [3.05, 3.63) is 53.8 Å². The molecule has 0 fully saturated rings. The van der Waals surface area contributed by atoms with Crippen LogP contribution >= 0.6 is 0 Å². The van der Waals surface area contributed by atoms with Crippen molar-refractivity contribution >= 4 is 17.5 Å². The fourth-order valence-electron chi connectivity index (χ4n) is 2.36. The van der Waals surface area contributed by atoms with Crippen LogP contribution in [-0.4, -0.2) is 24.9 Å². The number of carbonyl (C=O) groups is 2. The Morgan fingerprint density at radius 1 is 1.04 bits per heavy atom. The summed E-state index contributed by atoms with van der Waals surface area (Å²) in [6.45, 7) is 1.17. The lowest BCUT2D eigenvalue weighted by atomic mass is 9.99. The number of nitrogens with one attached hydrogen (secondary N) is 2. The number of benzene rings is 1. The summed E-state index contributed by atoms with van der Waals surface area (Å²) >= 11 is 0. The van der Waals surface area contributed by atoms with Crippen LogP contribution in [0.15, 0.2) is 48.2 Å². The number of carbonyl (C=O) groups excluding carboxylic acids is 2. The largest absolute Gasteiger partial charge is 0.399 e. The molecule has 0 bridgehead atoms. The van der Waals surface area contributed by atoms with Gasteiger partial charge >= 0.3 is 0 Å². The van der Waals surface area contributed by atoms with Crippen LogP contribution in [-0.2, 0) is 4.79 Å². The standard InChI is InChI=1S/C18H24N4O2/c19-15-7-3-13(4-8-15)17(23)21-11-1-2-12-22-18(24)14-5-9-16(20)10-6-14/h3-5,7-10,14H,1-2,6,11-12,19-20H2,(H,21,23)(H,22,24). The fraction of sp³-hybridized carbons (Fsp3) is 0.333. The molecule has 2 rings (SSSR count). The Kier molecular flexibility index (Phi) is 6.42. The van der Waals surface area contributed by atoms with Crippen molar-refractivity contribution in [1.82, 2.24) is 10.6 Å². The van der Waals surface area contributed by atoms with E-state index in [1.165, 1.54) is 0 Å². The van der Waals surface area contributed by atoms with Crippen LogP contribution in [0.5, 0.6) is 0 Å². The molecule has 0 aromatic heterocycles. The summed E-state index contributed by atoms with van der Waals surface area (Å²) < 4.78 is 0. The van der Waals surface area contributed by atoms with Crippen molar-refractivity contribution in [2.75, 3.05) is 18.8 Å². The second kappa shape index (κ2) is 8.76. The maximum atomic E-state index is 11.9. The van der Waals surface area contributed by atoms with Gasteiger partial charge in [0.15, 0.2) is 0 Å². The van der Waals surface area contributed by atoms with Gasteiger partial charge in [0.2, 0.25) is 5.91 Å². The van der Waals surface area contributed by atoms with Gasteiger partial charge in [0.25, 0.3) is 5.91 Å². The van der Waals surface area contributed by atoms with Gasteiger partial charge in [-0.15, -0.1) is 0 Å². The Morgan fingerprint density at radius 2 is 1.71 bits per heavy atom. The van der Waals surface area contributed by atoms with E-state index < -0.39 is 0 Å². The fourth-order valence-corrected chi connectivity index (χ4v) is 2.36. The van der Waals surface area contributed by atoms with Crippen LogP contribution in [0.25, 0.3) is 0 Å². The second-order valence-corrected chi connectivity index (χ2v) is 5.78. The lowest BCUT2D eigenvalue weighted by molar-refractivity contribution is -0.123. The van der Waals surface area contributed by atoms with E-state index >= 15 is 0 Å². The Balaban J connectivity index is 1.57. The zero-order valence-electron chi connectivity index (χ0n) is 13.6. The molecule has 0 saturated heterocycles. The molecular weight excluding hydrogens is 304 g/mol. The zero-order chi connectivity index (χ0) is 17.4. The third-order valence-corrected chi connectivity index (χ3v) is 3.83. The molecule has 6 nitrogen and oxygen atoms in total. The molecule has 0 saturated carbocycles. The molecule has 1 aromatic rings. The summed E-state index contributed by atoms with van der Waals surface area (Å²) in [5, 5.41) is 5.76. The van der Waals surface area contributed by atoms with Crippen molar-refractivity contribution in [3.63, 3.8) is 0 Å². The number of unbranched alkanes of at least 4 members (excludes halogenated alkanes) is 1. The van der Waals surface area contributed by atoms with Crippen LogP contribution in [0.4, 0.5) is 5.69 Å². The third-order valence-electron chi connectivity index (χ3n) is 3.83. The van der Waals surface area contributed by atoms with Gasteiger partial charge < -0.3 is 22.1 Å². The highest BCUT2D eigenvalue weighted by Crippen LogP contribution is 2.13. The smallest absolute Gasteiger partial charge is 0.251 e. The molecule has 1 aliphatic carbocycles. The van der Waals surface area contributed by atoms with E-state index in [2.05, 4.69) is 10.6 Å². The van der Waals surface area contributed by atoms with Gasteiger partial charge in [0.1, 0.15) is 0 Å². The molecule has 24 heavy (non-hydrogen) atoms. The number of rotatable bonds is 7. The van der Waals surface area contributed by atoms with E-state index in [0.29, 0.717) is 36.5 Å². The van der Waals surface area contributed by atoms with Crippen molar-refractivity contribution in [1.29, 1.82) is 0 Å². The van der Waals surface area contributed by atoms with Gasteiger partial charge in [-0.3, -0.25) is 9.59 Å². The van der Waals surface area contributed by atoms with Crippen LogP contribution in [0.1, 0.15) is 29.6 Å². The van der Waals surface area contributed by atoms with E-state index in [1.807, 2.05) is 12.2 Å². The third kappa shape index (κ3) is 5.46. The molecule has 0 aliphatic heterocycles. The minimum atomic E-state index is -0.137. The predicted octanol–water partition coefficient (Wildman–Crippen LogP) is 1.31.